The summed E-state index contributed by atoms with van der Waals surface area (Å²) in [6.45, 7) is 5.51. The molecule has 7 nitrogen and oxygen atoms in total. The second kappa shape index (κ2) is 10.5. The van der Waals surface area contributed by atoms with Gasteiger partial charge in [0.15, 0.2) is 5.17 Å². The van der Waals surface area contributed by atoms with Crippen molar-refractivity contribution >= 4 is 56.8 Å². The Hall–Kier alpha value is -3.65. The van der Waals surface area contributed by atoms with Crippen LogP contribution in [0.4, 0.5) is 11.4 Å². The predicted molar refractivity (Wildman–Crippen MR) is 138 cm³/mol. The molecule has 0 spiro atoms. The lowest BCUT2D eigenvalue weighted by molar-refractivity contribution is -0.121. The number of hydrogen-bond donors (Lipinski definition) is 2. The number of rotatable bonds is 7. The van der Waals surface area contributed by atoms with E-state index in [-0.39, 0.29) is 24.1 Å². The Labute approximate surface area is 202 Å². The van der Waals surface area contributed by atoms with Crippen molar-refractivity contribution in [2.45, 2.75) is 25.5 Å². The number of benzene rings is 3. The fourth-order valence-electron chi connectivity index (χ4n) is 3.73. The van der Waals surface area contributed by atoms with Crippen molar-refractivity contribution in [1.29, 1.82) is 0 Å². The van der Waals surface area contributed by atoms with Crippen LogP contribution < -0.4 is 10.6 Å². The smallest absolute Gasteiger partial charge is 0.262 e. The Kier molecular flexibility index (Phi) is 7.27. The number of fused-ring (bicyclic) bond motifs is 1. The van der Waals surface area contributed by atoms with Crippen LogP contribution in [0.3, 0.4) is 0 Å². The third-order valence-electron chi connectivity index (χ3n) is 5.55. The molecule has 0 aromatic heterocycles. The first-order chi connectivity index (χ1) is 16.5. The quantitative estimate of drug-likeness (QED) is 0.515. The highest BCUT2D eigenvalue weighted by Crippen LogP contribution is 2.27. The van der Waals surface area contributed by atoms with Gasteiger partial charge < -0.3 is 15.5 Å². The number of amidine groups is 1. The van der Waals surface area contributed by atoms with Gasteiger partial charge in [-0.05, 0) is 55.0 Å². The van der Waals surface area contributed by atoms with Crippen LogP contribution >= 0.6 is 11.8 Å². The first kappa shape index (κ1) is 23.5. The summed E-state index contributed by atoms with van der Waals surface area (Å²) in [6.07, 6.45) is 0.0191. The van der Waals surface area contributed by atoms with Crippen LogP contribution in [0.25, 0.3) is 10.8 Å². The lowest BCUT2D eigenvalue weighted by atomic mass is 10.1. The number of aliphatic imine (C=N–C) groups is 1. The van der Waals surface area contributed by atoms with E-state index in [1.54, 1.807) is 24.3 Å². The Morgan fingerprint density at radius 2 is 1.65 bits per heavy atom. The standard InChI is InChI=1S/C26H26N4O3S/c1-3-30(4-2)26-29-25(33)22(34-26)16-23(31)27-20-11-7-10-19(15-20)24(32)28-21-13-12-17-8-5-6-9-18(17)14-21/h5-15,22H,3-4,16H2,1-2H3,(H,27,31)(H,28,32). The largest absolute Gasteiger partial charge is 0.352 e. The SMILES string of the molecule is CCN(CC)C1=NC(=O)C(CC(=O)Nc2cccc(C(=O)Nc3ccc4ccccc4c3)c2)S1. The van der Waals surface area contributed by atoms with Crippen molar-refractivity contribution in [3.63, 3.8) is 0 Å². The second-order valence-corrected chi connectivity index (χ2v) is 9.03. The molecule has 0 fully saturated rings. The molecule has 1 heterocycles. The summed E-state index contributed by atoms with van der Waals surface area (Å²) in [5.41, 5.74) is 1.61. The average Bonchev–Trinajstić information content (AvgIpc) is 3.19. The van der Waals surface area contributed by atoms with E-state index in [1.807, 2.05) is 61.2 Å². The molecule has 1 unspecified atom stereocenters. The van der Waals surface area contributed by atoms with Crippen LogP contribution in [-0.2, 0) is 9.59 Å². The minimum Gasteiger partial charge on any atom is -0.352 e. The summed E-state index contributed by atoms with van der Waals surface area (Å²) >= 11 is 1.33. The number of amides is 3. The van der Waals surface area contributed by atoms with Crippen molar-refractivity contribution in [1.82, 2.24) is 4.90 Å². The maximum absolute atomic E-state index is 12.8. The molecule has 1 atom stereocenters. The molecule has 1 aliphatic heterocycles. The van der Waals surface area contributed by atoms with Crippen LogP contribution in [-0.4, -0.2) is 46.1 Å². The van der Waals surface area contributed by atoms with E-state index in [1.165, 1.54) is 11.8 Å². The lowest BCUT2D eigenvalue weighted by Crippen LogP contribution is -2.27. The molecule has 2 N–H and O–H groups in total. The molecule has 3 aromatic carbocycles. The third-order valence-corrected chi connectivity index (χ3v) is 6.76. The molecular formula is C26H26N4O3S. The van der Waals surface area contributed by atoms with Crippen LogP contribution in [0.1, 0.15) is 30.6 Å². The Morgan fingerprint density at radius 1 is 0.912 bits per heavy atom. The topological polar surface area (TPSA) is 90.9 Å². The zero-order valence-electron chi connectivity index (χ0n) is 19.1. The highest BCUT2D eigenvalue weighted by molar-refractivity contribution is 8.15. The van der Waals surface area contributed by atoms with Crippen molar-refractivity contribution < 1.29 is 14.4 Å². The summed E-state index contributed by atoms with van der Waals surface area (Å²) in [7, 11) is 0. The van der Waals surface area contributed by atoms with Gasteiger partial charge in [0.25, 0.3) is 11.8 Å². The van der Waals surface area contributed by atoms with Gasteiger partial charge in [-0.25, -0.2) is 0 Å². The van der Waals surface area contributed by atoms with Gasteiger partial charge in [0.05, 0.1) is 0 Å². The van der Waals surface area contributed by atoms with Crippen LogP contribution in [0.5, 0.6) is 0 Å². The van der Waals surface area contributed by atoms with Gasteiger partial charge in [-0.1, -0.05) is 48.2 Å². The van der Waals surface area contributed by atoms with E-state index in [2.05, 4.69) is 15.6 Å². The zero-order chi connectivity index (χ0) is 24.1. The fraction of sp³-hybridized carbons (Fsp3) is 0.231. The number of nitrogens with one attached hydrogen (secondary N) is 2. The summed E-state index contributed by atoms with van der Waals surface area (Å²) in [6, 6.07) is 20.4. The van der Waals surface area contributed by atoms with E-state index in [0.717, 1.165) is 23.9 Å². The number of carbonyl (C=O) groups is 3. The van der Waals surface area contributed by atoms with Gasteiger partial charge in [0.2, 0.25) is 5.91 Å². The van der Waals surface area contributed by atoms with Gasteiger partial charge >= 0.3 is 0 Å². The minimum atomic E-state index is -0.532. The van der Waals surface area contributed by atoms with E-state index in [9.17, 15) is 14.4 Å². The molecule has 0 bridgehead atoms. The number of hydrogen-bond acceptors (Lipinski definition) is 5. The zero-order valence-corrected chi connectivity index (χ0v) is 19.9. The minimum absolute atomic E-state index is 0.0191. The van der Waals surface area contributed by atoms with Crippen molar-refractivity contribution in [2.24, 2.45) is 4.99 Å². The molecule has 34 heavy (non-hydrogen) atoms. The fourth-order valence-corrected chi connectivity index (χ4v) is 4.92. The summed E-state index contributed by atoms with van der Waals surface area (Å²) in [5, 5.41) is 7.96. The number of nitrogens with zero attached hydrogens (tertiary/aromatic N) is 2. The van der Waals surface area contributed by atoms with Crippen molar-refractivity contribution in [3.05, 3.63) is 72.3 Å². The highest BCUT2D eigenvalue weighted by Gasteiger charge is 2.32. The normalized spacial score (nSPS) is 15.2. The first-order valence-corrected chi connectivity index (χ1v) is 12.1. The molecule has 0 radical (unpaired) electrons. The monoisotopic (exact) mass is 474 g/mol. The van der Waals surface area contributed by atoms with E-state index < -0.39 is 5.25 Å². The van der Waals surface area contributed by atoms with Crippen LogP contribution in [0.2, 0.25) is 0 Å². The molecule has 4 rings (SSSR count). The van der Waals surface area contributed by atoms with Gasteiger partial charge in [-0.2, -0.15) is 4.99 Å². The molecule has 0 aliphatic carbocycles. The molecule has 0 saturated heterocycles. The molecule has 8 heteroatoms. The Bertz CT molecular complexity index is 1270. The van der Waals surface area contributed by atoms with Crippen LogP contribution in [0.15, 0.2) is 71.7 Å². The van der Waals surface area contributed by atoms with E-state index >= 15 is 0 Å². The lowest BCUT2D eigenvalue weighted by Gasteiger charge is -2.19. The average molecular weight is 475 g/mol. The predicted octanol–water partition coefficient (Wildman–Crippen LogP) is 4.76. The molecule has 174 valence electrons. The van der Waals surface area contributed by atoms with Gasteiger partial charge in [-0.3, -0.25) is 14.4 Å². The van der Waals surface area contributed by atoms with Crippen LogP contribution in [0, 0.1) is 0 Å². The molecule has 0 saturated carbocycles. The van der Waals surface area contributed by atoms with E-state index in [4.69, 9.17) is 0 Å². The number of anilines is 2. The van der Waals surface area contributed by atoms with E-state index in [0.29, 0.717) is 22.1 Å². The molecular weight excluding hydrogens is 448 g/mol. The maximum Gasteiger partial charge on any atom is 0.262 e. The van der Waals surface area contributed by atoms with Crippen molar-refractivity contribution in [3.8, 4) is 0 Å². The third kappa shape index (κ3) is 5.46. The Morgan fingerprint density at radius 3 is 2.41 bits per heavy atom. The number of thioether (sulfide) groups is 1. The second-order valence-electron chi connectivity index (χ2n) is 7.86. The maximum atomic E-state index is 12.8. The van der Waals surface area contributed by atoms with Gasteiger partial charge in [0.1, 0.15) is 5.25 Å². The first-order valence-electron chi connectivity index (χ1n) is 11.2. The molecule has 3 aromatic rings. The number of carbonyl (C=O) groups excluding carboxylic acids is 3. The van der Waals surface area contributed by atoms with Gasteiger partial charge in [-0.15, -0.1) is 0 Å². The molecule has 3 amide bonds. The highest BCUT2D eigenvalue weighted by atomic mass is 32.2. The Balaban J connectivity index is 1.37. The van der Waals surface area contributed by atoms with Crippen molar-refractivity contribution in [2.75, 3.05) is 23.7 Å². The molecule has 1 aliphatic rings. The summed E-state index contributed by atoms with van der Waals surface area (Å²) in [4.78, 5) is 43.7. The summed E-state index contributed by atoms with van der Waals surface area (Å²) < 4.78 is 0. The van der Waals surface area contributed by atoms with Gasteiger partial charge in [0, 0.05) is 36.4 Å². The summed E-state index contributed by atoms with van der Waals surface area (Å²) in [5.74, 6) is -0.857.